The number of hydrogen-bond donors (Lipinski definition) is 1. The fourth-order valence-corrected chi connectivity index (χ4v) is 2.68. The number of pyridine rings is 1. The molecule has 1 atom stereocenters. The molecule has 1 fully saturated rings. The predicted octanol–water partition coefficient (Wildman–Crippen LogP) is 1.86. The van der Waals surface area contributed by atoms with E-state index in [1.807, 2.05) is 13.0 Å². The van der Waals surface area contributed by atoms with E-state index in [2.05, 4.69) is 26.2 Å². The van der Waals surface area contributed by atoms with Crippen LogP contribution in [0.5, 0.6) is 0 Å². The van der Waals surface area contributed by atoms with Crippen molar-refractivity contribution in [2.45, 2.75) is 38.8 Å². The summed E-state index contributed by atoms with van der Waals surface area (Å²) in [4.78, 5) is 30.2. The Morgan fingerprint density at radius 3 is 2.85 bits per heavy atom. The van der Waals surface area contributed by atoms with Crippen LogP contribution in [-0.2, 0) is 16.1 Å². The molecule has 0 radical (unpaired) electrons. The molecule has 1 aliphatic rings. The molecule has 1 N–H and O–H groups in total. The zero-order chi connectivity index (χ0) is 14.8. The summed E-state index contributed by atoms with van der Waals surface area (Å²) >= 11 is 3.37. The van der Waals surface area contributed by atoms with Crippen molar-refractivity contribution >= 4 is 27.7 Å². The number of nitrogens with zero attached hydrogens (tertiary/aromatic N) is 2. The molecule has 5 nitrogen and oxygen atoms in total. The Labute approximate surface area is 126 Å². The third-order valence-corrected chi connectivity index (χ3v) is 4.06. The first kappa shape index (κ1) is 15.0. The Balaban J connectivity index is 2.22. The molecular formula is C14H18BrN3O2. The first-order valence-electron chi connectivity index (χ1n) is 6.64. The van der Waals surface area contributed by atoms with Crippen molar-refractivity contribution in [1.82, 2.24) is 15.2 Å². The largest absolute Gasteiger partial charge is 0.342 e. The highest BCUT2D eigenvalue weighted by molar-refractivity contribution is 9.10. The molecule has 0 saturated carbocycles. The molecule has 1 aliphatic heterocycles. The van der Waals surface area contributed by atoms with Gasteiger partial charge in [0.05, 0.1) is 0 Å². The van der Waals surface area contributed by atoms with E-state index in [4.69, 9.17) is 0 Å². The van der Waals surface area contributed by atoms with Crippen LogP contribution in [0.2, 0.25) is 0 Å². The van der Waals surface area contributed by atoms with Crippen molar-refractivity contribution in [2.24, 2.45) is 0 Å². The van der Waals surface area contributed by atoms with Gasteiger partial charge in [0.2, 0.25) is 11.8 Å². The predicted molar refractivity (Wildman–Crippen MR) is 78.8 cm³/mol. The van der Waals surface area contributed by atoms with Crippen LogP contribution < -0.4 is 5.32 Å². The molecule has 6 heteroatoms. The molecular weight excluding hydrogens is 322 g/mol. The van der Waals surface area contributed by atoms with Crippen LogP contribution in [0.1, 0.15) is 32.3 Å². The number of carbonyl (C=O) groups excluding carboxylic acids is 2. The number of amides is 2. The Bertz CT molecular complexity index is 535. The maximum absolute atomic E-state index is 12.6. The number of carbonyl (C=O) groups is 2. The number of aromatic nitrogens is 1. The fraction of sp³-hybridized carbons (Fsp3) is 0.500. The Morgan fingerprint density at radius 2 is 2.20 bits per heavy atom. The first-order valence-corrected chi connectivity index (χ1v) is 7.44. The Morgan fingerprint density at radius 1 is 1.45 bits per heavy atom. The Kier molecular flexibility index (Phi) is 4.42. The highest BCUT2D eigenvalue weighted by Crippen LogP contribution is 2.20. The molecule has 2 heterocycles. The summed E-state index contributed by atoms with van der Waals surface area (Å²) in [5.74, 6) is -0.108. The van der Waals surface area contributed by atoms with Crippen molar-refractivity contribution in [3.63, 3.8) is 0 Å². The summed E-state index contributed by atoms with van der Waals surface area (Å²) in [6, 6.07) is 1.93. The van der Waals surface area contributed by atoms with Crippen LogP contribution in [0.3, 0.4) is 0 Å². The lowest BCUT2D eigenvalue weighted by atomic mass is 9.97. The summed E-state index contributed by atoms with van der Waals surface area (Å²) in [5.41, 5.74) is 0.132. The minimum atomic E-state index is -0.812. The van der Waals surface area contributed by atoms with Crippen molar-refractivity contribution in [3.05, 3.63) is 28.5 Å². The second-order valence-corrected chi connectivity index (χ2v) is 6.14. The molecule has 1 unspecified atom stereocenters. The minimum Gasteiger partial charge on any atom is -0.342 e. The van der Waals surface area contributed by atoms with Gasteiger partial charge in [-0.25, -0.2) is 0 Å². The standard InChI is InChI=1S/C14H18BrN3O2/c1-3-14(2)13(20)18(5-4-12(19)17-14)9-10-6-11(15)8-16-7-10/h6-8H,3-5,9H2,1-2H3,(H,17,19). The number of rotatable bonds is 3. The molecule has 1 aromatic rings. The second kappa shape index (κ2) is 5.91. The molecule has 0 aromatic carbocycles. The van der Waals surface area contributed by atoms with Gasteiger partial charge in [0.25, 0.3) is 0 Å². The van der Waals surface area contributed by atoms with Crippen LogP contribution in [0, 0.1) is 0 Å². The summed E-state index contributed by atoms with van der Waals surface area (Å²) in [7, 11) is 0. The van der Waals surface area contributed by atoms with Gasteiger partial charge < -0.3 is 10.2 Å². The number of nitrogens with one attached hydrogen (secondary N) is 1. The topological polar surface area (TPSA) is 62.3 Å². The van der Waals surface area contributed by atoms with E-state index >= 15 is 0 Å². The molecule has 0 bridgehead atoms. The van der Waals surface area contributed by atoms with Crippen LogP contribution >= 0.6 is 15.9 Å². The molecule has 1 aromatic heterocycles. The third-order valence-electron chi connectivity index (χ3n) is 3.63. The quantitative estimate of drug-likeness (QED) is 0.914. The van der Waals surface area contributed by atoms with Crippen molar-refractivity contribution in [1.29, 1.82) is 0 Å². The molecule has 20 heavy (non-hydrogen) atoms. The van der Waals surface area contributed by atoms with E-state index in [1.165, 1.54) is 0 Å². The summed E-state index contributed by atoms with van der Waals surface area (Å²) < 4.78 is 0.879. The average Bonchev–Trinajstić information content (AvgIpc) is 2.51. The molecule has 0 aliphatic carbocycles. The maximum atomic E-state index is 12.6. The first-order chi connectivity index (χ1) is 9.44. The van der Waals surface area contributed by atoms with Crippen LogP contribution in [0.15, 0.2) is 22.9 Å². The summed E-state index contributed by atoms with van der Waals surface area (Å²) in [6.45, 7) is 4.59. The van der Waals surface area contributed by atoms with E-state index < -0.39 is 5.54 Å². The van der Waals surface area contributed by atoms with Crippen LogP contribution in [0.4, 0.5) is 0 Å². The van der Waals surface area contributed by atoms with E-state index in [1.54, 1.807) is 24.2 Å². The molecule has 2 amide bonds. The van der Waals surface area contributed by atoms with Gasteiger partial charge in [-0.1, -0.05) is 6.92 Å². The van der Waals surface area contributed by atoms with E-state index in [0.717, 1.165) is 10.0 Å². The van der Waals surface area contributed by atoms with Crippen LogP contribution in [-0.4, -0.2) is 33.8 Å². The lowest BCUT2D eigenvalue weighted by molar-refractivity contribution is -0.138. The number of halogens is 1. The van der Waals surface area contributed by atoms with Gasteiger partial charge in [0.15, 0.2) is 0 Å². The normalized spacial score (nSPS) is 23.4. The molecule has 1 saturated heterocycles. The van der Waals surface area contributed by atoms with Gasteiger partial charge in [-0.3, -0.25) is 14.6 Å². The van der Waals surface area contributed by atoms with Crippen molar-refractivity contribution in [2.75, 3.05) is 6.54 Å². The smallest absolute Gasteiger partial charge is 0.248 e. The molecule has 2 rings (SSSR count). The Hall–Kier alpha value is -1.43. The zero-order valence-electron chi connectivity index (χ0n) is 11.6. The van der Waals surface area contributed by atoms with Crippen molar-refractivity contribution < 1.29 is 9.59 Å². The third kappa shape index (κ3) is 3.17. The second-order valence-electron chi connectivity index (χ2n) is 5.22. The van der Waals surface area contributed by atoms with Crippen molar-refractivity contribution in [3.8, 4) is 0 Å². The van der Waals surface area contributed by atoms with Crippen LogP contribution in [0.25, 0.3) is 0 Å². The highest BCUT2D eigenvalue weighted by Gasteiger charge is 2.38. The number of hydrogen-bond acceptors (Lipinski definition) is 3. The van der Waals surface area contributed by atoms with E-state index in [0.29, 0.717) is 25.9 Å². The minimum absolute atomic E-state index is 0.0363. The molecule has 108 valence electrons. The van der Waals surface area contributed by atoms with Gasteiger partial charge in [-0.15, -0.1) is 0 Å². The van der Waals surface area contributed by atoms with E-state index in [9.17, 15) is 9.59 Å². The lowest BCUT2D eigenvalue weighted by Gasteiger charge is -2.31. The summed E-state index contributed by atoms with van der Waals surface area (Å²) in [6.07, 6.45) is 4.35. The van der Waals surface area contributed by atoms with Gasteiger partial charge in [-0.2, -0.15) is 0 Å². The van der Waals surface area contributed by atoms with E-state index in [-0.39, 0.29) is 11.8 Å². The summed E-state index contributed by atoms with van der Waals surface area (Å²) in [5, 5.41) is 2.83. The van der Waals surface area contributed by atoms with Gasteiger partial charge in [0.1, 0.15) is 5.54 Å². The lowest BCUT2D eigenvalue weighted by Crippen LogP contribution is -2.54. The van der Waals surface area contributed by atoms with Gasteiger partial charge in [-0.05, 0) is 40.9 Å². The zero-order valence-corrected chi connectivity index (χ0v) is 13.2. The monoisotopic (exact) mass is 339 g/mol. The average molecular weight is 340 g/mol. The maximum Gasteiger partial charge on any atom is 0.248 e. The highest BCUT2D eigenvalue weighted by atomic mass is 79.9. The fourth-order valence-electron chi connectivity index (χ4n) is 2.26. The van der Waals surface area contributed by atoms with Gasteiger partial charge in [0, 0.05) is 36.4 Å². The van der Waals surface area contributed by atoms with Gasteiger partial charge >= 0.3 is 0 Å². The SMILES string of the molecule is CCC1(C)NC(=O)CCN(Cc2cncc(Br)c2)C1=O. The molecule has 0 spiro atoms.